The summed E-state index contributed by atoms with van der Waals surface area (Å²) in [6.45, 7) is 4.92. The molecule has 3 aliphatic heterocycles. The number of allylic oxidation sites excluding steroid dienone is 1. The number of hydrogen-bond acceptors (Lipinski definition) is 13. The predicted molar refractivity (Wildman–Crippen MR) is 167 cm³/mol. The predicted octanol–water partition coefficient (Wildman–Crippen LogP) is -1.32. The molecule has 0 spiro atoms. The first-order valence-corrected chi connectivity index (χ1v) is 16.4. The van der Waals surface area contributed by atoms with Gasteiger partial charge in [-0.3, -0.25) is 4.79 Å². The Kier molecular flexibility index (Phi) is 20.2. The van der Waals surface area contributed by atoms with Gasteiger partial charge in [-0.15, -0.1) is 0 Å². The molecule has 1 amide bonds. The van der Waals surface area contributed by atoms with E-state index in [9.17, 15) is 9.90 Å². The number of rotatable bonds is 13. The van der Waals surface area contributed by atoms with Crippen molar-refractivity contribution in [2.75, 3.05) is 52.5 Å². The standard InChI is InChI=1S/C15H29N3O5.C9H18N2O.C6H13NO2/c16-4-3-13(20)15(21)18-10-5-9(17)6-12(7-10)23-14-2-1-11(8-19)22-14;10-5-3-6-11-8-9-4-1-2-7-12-9;7-4-6-3-5(8)1-2-9-6/h9-14,19-20H,1-8,16-17H2,(H,18,21);4,11H,1-3,5-8,10H2;5-6,8H,1-4,7H2/t;;5?,6-/m..1/s1. The van der Waals surface area contributed by atoms with E-state index in [0.717, 1.165) is 70.5 Å². The second-order valence-electron chi connectivity index (χ2n) is 11.9. The lowest BCUT2D eigenvalue weighted by atomic mass is 9.89. The van der Waals surface area contributed by atoms with Crippen LogP contribution in [-0.4, -0.2) is 123 Å². The van der Waals surface area contributed by atoms with Gasteiger partial charge in [-0.05, 0) is 83.5 Å². The minimum absolute atomic E-state index is 0.00174. The Morgan fingerprint density at radius 1 is 1.07 bits per heavy atom. The highest BCUT2D eigenvalue weighted by atomic mass is 16.7. The average Bonchev–Trinajstić information content (AvgIpc) is 3.48. The van der Waals surface area contributed by atoms with E-state index in [1.807, 2.05) is 0 Å². The van der Waals surface area contributed by atoms with E-state index in [1.165, 1.54) is 0 Å². The van der Waals surface area contributed by atoms with Crippen LogP contribution in [0, 0.1) is 0 Å². The van der Waals surface area contributed by atoms with Crippen molar-refractivity contribution in [1.82, 2.24) is 10.6 Å². The molecular weight excluding hydrogens is 572 g/mol. The van der Waals surface area contributed by atoms with Crippen LogP contribution in [0.25, 0.3) is 0 Å². The summed E-state index contributed by atoms with van der Waals surface area (Å²) in [6.07, 6.45) is 9.02. The highest BCUT2D eigenvalue weighted by Crippen LogP contribution is 2.27. The van der Waals surface area contributed by atoms with E-state index >= 15 is 0 Å². The normalized spacial score (nSPS) is 30.9. The van der Waals surface area contributed by atoms with E-state index in [0.29, 0.717) is 38.8 Å². The Balaban J connectivity index is 0.000000266. The molecule has 0 aromatic rings. The summed E-state index contributed by atoms with van der Waals surface area (Å²) in [4.78, 5) is 11.9. The molecule has 2 saturated heterocycles. The number of carbonyl (C=O) groups is 1. The molecule has 1 saturated carbocycles. The Bertz CT molecular complexity index is 797. The fourth-order valence-electron chi connectivity index (χ4n) is 5.44. The van der Waals surface area contributed by atoms with Gasteiger partial charge >= 0.3 is 0 Å². The Hall–Kier alpha value is -1.43. The number of ether oxygens (including phenoxy) is 4. The van der Waals surface area contributed by atoms with E-state index < -0.39 is 12.0 Å². The third-order valence-electron chi connectivity index (χ3n) is 7.87. The van der Waals surface area contributed by atoms with Gasteiger partial charge in [0.15, 0.2) is 6.29 Å². The Morgan fingerprint density at radius 3 is 2.50 bits per heavy atom. The van der Waals surface area contributed by atoms with Crippen LogP contribution in [0.5, 0.6) is 0 Å². The Morgan fingerprint density at radius 2 is 1.89 bits per heavy atom. The highest BCUT2D eigenvalue weighted by molar-refractivity contribution is 5.80. The van der Waals surface area contributed by atoms with Gasteiger partial charge in [0.05, 0.1) is 44.2 Å². The lowest BCUT2D eigenvalue weighted by molar-refractivity contribution is -0.175. The zero-order chi connectivity index (χ0) is 32.2. The molecule has 258 valence electrons. The van der Waals surface area contributed by atoms with Crippen LogP contribution < -0.4 is 33.6 Å². The molecule has 7 unspecified atom stereocenters. The number of nitrogens with two attached hydrogens (primary N) is 4. The third kappa shape index (κ3) is 16.2. The van der Waals surface area contributed by atoms with Gasteiger partial charge in [-0.1, -0.05) is 0 Å². The molecule has 0 aromatic carbocycles. The van der Waals surface area contributed by atoms with Crippen molar-refractivity contribution in [3.63, 3.8) is 0 Å². The number of aliphatic hydroxyl groups is 3. The zero-order valence-electron chi connectivity index (χ0n) is 26.3. The number of carbonyl (C=O) groups excluding carboxylic acids is 1. The van der Waals surface area contributed by atoms with Crippen molar-refractivity contribution in [2.24, 2.45) is 22.9 Å². The first kappa shape index (κ1) is 38.8. The topological polar surface area (TPSA) is 243 Å². The van der Waals surface area contributed by atoms with Gasteiger partial charge in [0.25, 0.3) is 0 Å². The van der Waals surface area contributed by atoms with Crippen molar-refractivity contribution in [1.29, 1.82) is 0 Å². The molecule has 1 aliphatic carbocycles. The molecule has 14 heteroatoms. The maximum absolute atomic E-state index is 11.9. The van der Waals surface area contributed by atoms with Crippen LogP contribution >= 0.6 is 0 Å². The minimum Gasteiger partial charge on any atom is -0.497 e. The quantitative estimate of drug-likeness (QED) is 0.107. The number of amides is 1. The van der Waals surface area contributed by atoms with E-state index in [2.05, 4.69) is 16.7 Å². The molecule has 3 fully saturated rings. The van der Waals surface area contributed by atoms with Crippen molar-refractivity contribution < 1.29 is 39.1 Å². The molecule has 4 aliphatic rings. The van der Waals surface area contributed by atoms with Crippen LogP contribution in [0.3, 0.4) is 0 Å². The number of aliphatic hydroxyl groups excluding tert-OH is 3. The fourth-order valence-corrected chi connectivity index (χ4v) is 5.44. The summed E-state index contributed by atoms with van der Waals surface area (Å²) in [5.41, 5.74) is 22.1. The molecule has 4 rings (SSSR count). The summed E-state index contributed by atoms with van der Waals surface area (Å²) >= 11 is 0. The van der Waals surface area contributed by atoms with Gasteiger partial charge in [-0.25, -0.2) is 0 Å². The second-order valence-corrected chi connectivity index (χ2v) is 11.9. The third-order valence-corrected chi connectivity index (χ3v) is 7.87. The van der Waals surface area contributed by atoms with Gasteiger partial charge in [0.2, 0.25) is 5.91 Å². The summed E-state index contributed by atoms with van der Waals surface area (Å²) in [6, 6.07) is -0.195. The SMILES string of the molecule is NCCC(O)C(=O)NC1CC(N)CC(OC2CCC(CO)O2)C1.NCCCNCC1=CCCCO1.NC[C@H]1CC(O)CCO1. The van der Waals surface area contributed by atoms with Crippen LogP contribution in [0.4, 0.5) is 0 Å². The van der Waals surface area contributed by atoms with Crippen molar-refractivity contribution in [3.05, 3.63) is 11.8 Å². The molecule has 0 radical (unpaired) electrons. The van der Waals surface area contributed by atoms with Gasteiger partial charge < -0.3 is 67.8 Å². The minimum atomic E-state index is -1.08. The van der Waals surface area contributed by atoms with Crippen LogP contribution in [0.1, 0.15) is 70.6 Å². The molecule has 14 nitrogen and oxygen atoms in total. The second kappa shape index (κ2) is 23.0. The number of hydrogen-bond donors (Lipinski definition) is 9. The number of nitrogens with one attached hydrogen (secondary N) is 2. The van der Waals surface area contributed by atoms with Gasteiger partial charge in [-0.2, -0.15) is 0 Å². The first-order valence-electron chi connectivity index (χ1n) is 16.4. The summed E-state index contributed by atoms with van der Waals surface area (Å²) < 4.78 is 22.1. The maximum atomic E-state index is 11.9. The van der Waals surface area contributed by atoms with Gasteiger partial charge in [0, 0.05) is 38.1 Å². The Labute approximate surface area is 262 Å². The van der Waals surface area contributed by atoms with E-state index in [-0.39, 0.29) is 62.4 Å². The molecule has 13 N–H and O–H groups in total. The summed E-state index contributed by atoms with van der Waals surface area (Å²) in [5, 5.41) is 33.9. The fraction of sp³-hybridized carbons (Fsp3) is 0.900. The maximum Gasteiger partial charge on any atom is 0.249 e. The molecule has 8 atom stereocenters. The molecular formula is C30H60N6O8. The smallest absolute Gasteiger partial charge is 0.249 e. The van der Waals surface area contributed by atoms with Crippen LogP contribution in [0.15, 0.2) is 11.8 Å². The highest BCUT2D eigenvalue weighted by Gasteiger charge is 2.34. The van der Waals surface area contributed by atoms with Crippen molar-refractivity contribution in [3.8, 4) is 0 Å². The zero-order valence-corrected chi connectivity index (χ0v) is 26.3. The van der Waals surface area contributed by atoms with Crippen molar-refractivity contribution >= 4 is 5.91 Å². The van der Waals surface area contributed by atoms with E-state index in [1.54, 1.807) is 0 Å². The first-order chi connectivity index (χ1) is 21.3. The van der Waals surface area contributed by atoms with Gasteiger partial charge in [0.1, 0.15) is 11.9 Å². The average molecular weight is 633 g/mol. The molecule has 0 bridgehead atoms. The molecule has 3 heterocycles. The van der Waals surface area contributed by atoms with Crippen molar-refractivity contribution in [2.45, 2.75) is 120 Å². The lowest BCUT2D eigenvalue weighted by Crippen LogP contribution is -2.50. The molecule has 0 aromatic heterocycles. The molecule has 44 heavy (non-hydrogen) atoms. The monoisotopic (exact) mass is 632 g/mol. The largest absolute Gasteiger partial charge is 0.497 e. The lowest BCUT2D eigenvalue weighted by Gasteiger charge is -2.35. The van der Waals surface area contributed by atoms with E-state index in [4.69, 9.17) is 52.1 Å². The summed E-state index contributed by atoms with van der Waals surface area (Å²) in [7, 11) is 0. The summed E-state index contributed by atoms with van der Waals surface area (Å²) in [5.74, 6) is 0.684. The van der Waals surface area contributed by atoms with Crippen LogP contribution in [-0.2, 0) is 23.7 Å². The van der Waals surface area contributed by atoms with Crippen LogP contribution in [0.2, 0.25) is 0 Å².